The van der Waals surface area contributed by atoms with E-state index in [9.17, 15) is 0 Å². The zero-order valence-electron chi connectivity index (χ0n) is 18.4. The highest BCUT2D eigenvalue weighted by Gasteiger charge is 2.20. The van der Waals surface area contributed by atoms with Gasteiger partial charge in [-0.1, -0.05) is 43.5 Å². The molecule has 0 spiro atoms. The highest BCUT2D eigenvalue weighted by Crippen LogP contribution is 2.23. The van der Waals surface area contributed by atoms with Gasteiger partial charge in [-0.2, -0.15) is 0 Å². The maximum absolute atomic E-state index is 5.51. The number of aliphatic imine (C=N–C) groups is 1. The fraction of sp³-hybridized carbons (Fsp3) is 0.696. The molecular formula is C23H39IN4O. The van der Waals surface area contributed by atoms with Crippen molar-refractivity contribution in [3.05, 3.63) is 35.4 Å². The number of nitrogens with one attached hydrogen (secondary N) is 1. The predicted molar refractivity (Wildman–Crippen MR) is 132 cm³/mol. The molecule has 1 saturated heterocycles. The van der Waals surface area contributed by atoms with Gasteiger partial charge >= 0.3 is 0 Å². The number of halogens is 1. The van der Waals surface area contributed by atoms with Gasteiger partial charge in [-0.15, -0.1) is 24.0 Å². The molecule has 2 fully saturated rings. The standard InChI is InChI=1S/C23H38N4O.HI/c1-24-23(27(3)16-19-13-14-28-18-19)25-15-20-9-7-8-10-21(20)17-26(2)22-11-5-4-6-12-22;/h7-10,19,22H,4-6,11-18H2,1-3H3,(H,24,25);1H. The van der Waals surface area contributed by atoms with Crippen molar-refractivity contribution in [2.75, 3.05) is 40.9 Å². The Kier molecular flexibility index (Phi) is 10.7. The summed E-state index contributed by atoms with van der Waals surface area (Å²) in [7, 11) is 6.28. The number of benzene rings is 1. The average molecular weight is 514 g/mol. The van der Waals surface area contributed by atoms with Gasteiger partial charge in [0.25, 0.3) is 0 Å². The quantitative estimate of drug-likeness (QED) is 0.338. The van der Waals surface area contributed by atoms with Gasteiger partial charge in [0.2, 0.25) is 0 Å². The Morgan fingerprint density at radius 1 is 1.10 bits per heavy atom. The second kappa shape index (κ2) is 12.7. The van der Waals surface area contributed by atoms with Crippen LogP contribution in [0.25, 0.3) is 0 Å². The Labute approximate surface area is 194 Å². The molecule has 164 valence electrons. The Balaban J connectivity index is 0.00000300. The summed E-state index contributed by atoms with van der Waals surface area (Å²) in [4.78, 5) is 9.28. The second-order valence-electron chi connectivity index (χ2n) is 8.49. The molecule has 1 saturated carbocycles. The van der Waals surface area contributed by atoms with E-state index in [2.05, 4.69) is 58.5 Å². The van der Waals surface area contributed by atoms with Gasteiger partial charge in [-0.3, -0.25) is 9.89 Å². The Bertz CT molecular complexity index is 627. The molecule has 0 aromatic heterocycles. The summed E-state index contributed by atoms with van der Waals surface area (Å²) in [5.74, 6) is 1.57. The maximum atomic E-state index is 5.51. The first-order chi connectivity index (χ1) is 13.7. The summed E-state index contributed by atoms with van der Waals surface area (Å²) in [6.45, 7) is 4.60. The number of nitrogens with zero attached hydrogens (tertiary/aromatic N) is 3. The van der Waals surface area contributed by atoms with Crippen molar-refractivity contribution >= 4 is 29.9 Å². The van der Waals surface area contributed by atoms with Gasteiger partial charge in [0, 0.05) is 52.3 Å². The molecule has 0 amide bonds. The van der Waals surface area contributed by atoms with E-state index in [0.717, 1.165) is 51.3 Å². The van der Waals surface area contributed by atoms with Crippen molar-refractivity contribution in [1.82, 2.24) is 15.1 Å². The van der Waals surface area contributed by atoms with Crippen LogP contribution < -0.4 is 5.32 Å². The summed E-state index contributed by atoms with van der Waals surface area (Å²) in [5, 5.41) is 3.57. The molecule has 1 aliphatic carbocycles. The first-order valence-electron chi connectivity index (χ1n) is 10.9. The molecule has 6 heteroatoms. The minimum Gasteiger partial charge on any atom is -0.381 e. The van der Waals surface area contributed by atoms with Crippen molar-refractivity contribution in [1.29, 1.82) is 0 Å². The molecule has 3 rings (SSSR count). The topological polar surface area (TPSA) is 40.1 Å². The first kappa shape index (κ1) is 24.4. The van der Waals surface area contributed by atoms with Gasteiger partial charge in [0.1, 0.15) is 0 Å². The third-order valence-electron chi connectivity index (χ3n) is 6.30. The molecule has 1 unspecified atom stereocenters. The predicted octanol–water partition coefficient (Wildman–Crippen LogP) is 4.11. The van der Waals surface area contributed by atoms with E-state index in [0.29, 0.717) is 5.92 Å². The van der Waals surface area contributed by atoms with Crippen LogP contribution in [-0.4, -0.2) is 62.7 Å². The Morgan fingerprint density at radius 3 is 2.48 bits per heavy atom. The lowest BCUT2D eigenvalue weighted by Crippen LogP contribution is -2.41. The summed E-state index contributed by atoms with van der Waals surface area (Å²) in [5.41, 5.74) is 2.79. The lowest BCUT2D eigenvalue weighted by Gasteiger charge is -2.32. The first-order valence-corrected chi connectivity index (χ1v) is 10.9. The normalized spacial score (nSPS) is 20.6. The molecule has 5 nitrogen and oxygen atoms in total. The minimum atomic E-state index is 0. The van der Waals surface area contributed by atoms with Gasteiger partial charge in [-0.05, 0) is 37.4 Å². The monoisotopic (exact) mass is 514 g/mol. The summed E-state index contributed by atoms with van der Waals surface area (Å²) >= 11 is 0. The van der Waals surface area contributed by atoms with Crippen LogP contribution in [0, 0.1) is 5.92 Å². The molecule has 1 aromatic rings. The third kappa shape index (κ3) is 7.40. The van der Waals surface area contributed by atoms with Gasteiger partial charge in [0.15, 0.2) is 5.96 Å². The maximum Gasteiger partial charge on any atom is 0.193 e. The van der Waals surface area contributed by atoms with Crippen LogP contribution in [-0.2, 0) is 17.8 Å². The molecule has 2 aliphatic rings. The van der Waals surface area contributed by atoms with E-state index in [1.54, 1.807) is 0 Å². The molecule has 1 atom stereocenters. The highest BCUT2D eigenvalue weighted by molar-refractivity contribution is 14.0. The van der Waals surface area contributed by atoms with E-state index in [1.165, 1.54) is 43.2 Å². The van der Waals surface area contributed by atoms with Crippen LogP contribution in [0.4, 0.5) is 0 Å². The summed E-state index contributed by atoms with van der Waals surface area (Å²) < 4.78 is 5.51. The molecule has 0 bridgehead atoms. The van der Waals surface area contributed by atoms with E-state index in [1.807, 2.05) is 7.05 Å². The zero-order valence-corrected chi connectivity index (χ0v) is 20.7. The van der Waals surface area contributed by atoms with Crippen molar-refractivity contribution in [3.63, 3.8) is 0 Å². The van der Waals surface area contributed by atoms with Gasteiger partial charge < -0.3 is 15.0 Å². The van der Waals surface area contributed by atoms with Crippen LogP contribution in [0.1, 0.15) is 49.7 Å². The molecule has 1 aliphatic heterocycles. The molecular weight excluding hydrogens is 475 g/mol. The number of hydrogen-bond acceptors (Lipinski definition) is 3. The van der Waals surface area contributed by atoms with Crippen molar-refractivity contribution in [2.45, 2.75) is 57.7 Å². The van der Waals surface area contributed by atoms with Crippen LogP contribution >= 0.6 is 24.0 Å². The smallest absolute Gasteiger partial charge is 0.193 e. The van der Waals surface area contributed by atoms with Gasteiger partial charge in [0.05, 0.1) is 6.61 Å². The van der Waals surface area contributed by atoms with Crippen LogP contribution in [0.5, 0.6) is 0 Å². The van der Waals surface area contributed by atoms with E-state index >= 15 is 0 Å². The fourth-order valence-corrected chi connectivity index (χ4v) is 4.56. The Morgan fingerprint density at radius 2 is 1.83 bits per heavy atom. The number of guanidine groups is 1. The lowest BCUT2D eigenvalue weighted by atomic mass is 9.94. The van der Waals surface area contributed by atoms with E-state index in [-0.39, 0.29) is 24.0 Å². The highest BCUT2D eigenvalue weighted by atomic mass is 127. The van der Waals surface area contributed by atoms with E-state index < -0.39 is 0 Å². The molecule has 0 radical (unpaired) electrons. The third-order valence-corrected chi connectivity index (χ3v) is 6.30. The molecule has 29 heavy (non-hydrogen) atoms. The van der Waals surface area contributed by atoms with E-state index in [4.69, 9.17) is 4.74 Å². The number of rotatable bonds is 7. The van der Waals surface area contributed by atoms with Crippen molar-refractivity contribution in [3.8, 4) is 0 Å². The van der Waals surface area contributed by atoms with Crippen molar-refractivity contribution in [2.24, 2.45) is 10.9 Å². The minimum absolute atomic E-state index is 0. The molecule has 1 aromatic carbocycles. The van der Waals surface area contributed by atoms with Crippen LogP contribution in [0.15, 0.2) is 29.3 Å². The fourth-order valence-electron chi connectivity index (χ4n) is 4.56. The summed E-state index contributed by atoms with van der Waals surface area (Å²) in [6.07, 6.45) is 8.01. The average Bonchev–Trinajstić information content (AvgIpc) is 3.23. The number of ether oxygens (including phenoxy) is 1. The summed E-state index contributed by atoms with van der Waals surface area (Å²) in [6, 6.07) is 9.56. The number of hydrogen-bond donors (Lipinski definition) is 1. The lowest BCUT2D eigenvalue weighted by molar-refractivity contribution is 0.181. The second-order valence-corrected chi connectivity index (χ2v) is 8.49. The molecule has 1 heterocycles. The zero-order chi connectivity index (χ0) is 19.8. The van der Waals surface area contributed by atoms with Crippen molar-refractivity contribution < 1.29 is 4.74 Å². The molecule has 1 N–H and O–H groups in total. The largest absolute Gasteiger partial charge is 0.381 e. The Hall–Kier alpha value is -0.860. The SMILES string of the molecule is CN=C(NCc1ccccc1CN(C)C1CCCCC1)N(C)CC1CCOC1.I. The van der Waals surface area contributed by atoms with Crippen LogP contribution in [0.3, 0.4) is 0 Å². The van der Waals surface area contributed by atoms with Crippen LogP contribution in [0.2, 0.25) is 0 Å². The van der Waals surface area contributed by atoms with Gasteiger partial charge in [-0.25, -0.2) is 0 Å².